The van der Waals surface area contributed by atoms with E-state index in [0.29, 0.717) is 0 Å². The summed E-state index contributed by atoms with van der Waals surface area (Å²) in [5.74, 6) is 0. The third-order valence-electron chi connectivity index (χ3n) is 21.0. The van der Waals surface area contributed by atoms with Gasteiger partial charge in [-0.2, -0.15) is 0 Å². The van der Waals surface area contributed by atoms with Gasteiger partial charge in [0.25, 0.3) is 0 Å². The number of thiophene rings is 2. The minimum Gasteiger partial charge on any atom is -0.310 e. The molecule has 0 spiro atoms. The van der Waals surface area contributed by atoms with Crippen molar-refractivity contribution >= 4 is 119 Å². The molecule has 0 fully saturated rings. The molecule has 454 valence electrons. The summed E-state index contributed by atoms with van der Waals surface area (Å²) < 4.78 is 5.11. The molecule has 0 N–H and O–H groups in total. The maximum Gasteiger partial charge on any atom is 0.0742 e. The summed E-state index contributed by atoms with van der Waals surface area (Å²) >= 11 is 3.77. The van der Waals surface area contributed by atoms with E-state index in [9.17, 15) is 0 Å². The van der Waals surface area contributed by atoms with Crippen LogP contribution in [-0.2, 0) is 10.8 Å². The smallest absolute Gasteiger partial charge is 0.0742 e. The average molecular weight is 1260 g/mol. The number of nitrogens with zero attached hydrogens (tertiary/aromatic N) is 2. The molecule has 2 aromatic heterocycles. The van der Waals surface area contributed by atoms with Crippen LogP contribution in [0.5, 0.6) is 0 Å². The molecular weight excluding hydrogens is 1200 g/mol. The van der Waals surface area contributed by atoms with Gasteiger partial charge in [-0.15, -0.1) is 22.7 Å². The van der Waals surface area contributed by atoms with E-state index in [1.807, 2.05) is 22.7 Å². The fraction of sp³-hybridized carbons (Fsp3) is 0.0652. The third kappa shape index (κ3) is 8.29. The van der Waals surface area contributed by atoms with Crippen LogP contribution in [0.25, 0.3) is 84.1 Å². The fourth-order valence-corrected chi connectivity index (χ4v) is 18.9. The minimum absolute atomic E-state index is 0.663. The third-order valence-corrected chi connectivity index (χ3v) is 23.3. The van der Waals surface area contributed by atoms with Gasteiger partial charge in [0.15, 0.2) is 0 Å². The summed E-state index contributed by atoms with van der Waals surface area (Å²) in [4.78, 5) is 5.18. The van der Waals surface area contributed by atoms with Gasteiger partial charge in [0, 0.05) is 51.7 Å². The molecule has 17 aromatic rings. The molecule has 0 radical (unpaired) electrons. The quantitative estimate of drug-likeness (QED) is 0.140. The molecule has 0 amide bonds. The zero-order valence-electron chi connectivity index (χ0n) is 53.7. The van der Waals surface area contributed by atoms with E-state index in [0.717, 1.165) is 22.7 Å². The van der Waals surface area contributed by atoms with Crippen LogP contribution in [0.4, 0.5) is 34.1 Å². The van der Waals surface area contributed by atoms with Crippen LogP contribution >= 0.6 is 22.7 Å². The van der Waals surface area contributed by atoms with Crippen molar-refractivity contribution in [2.24, 2.45) is 0 Å². The van der Waals surface area contributed by atoms with E-state index >= 15 is 0 Å². The Balaban J connectivity index is 0.891. The lowest BCUT2D eigenvalue weighted by Gasteiger charge is -2.46. The van der Waals surface area contributed by atoms with Gasteiger partial charge < -0.3 is 9.80 Å². The second kappa shape index (κ2) is 21.7. The van der Waals surface area contributed by atoms with E-state index in [1.54, 1.807) is 0 Å². The average Bonchev–Trinajstić information content (AvgIpc) is 0.960. The first-order valence-corrected chi connectivity index (χ1v) is 35.0. The molecule has 0 bridgehead atoms. The molecule has 0 atom stereocenters. The Labute approximate surface area is 567 Å². The number of aryl methyl sites for hydroxylation is 4. The maximum absolute atomic E-state index is 2.59. The lowest BCUT2D eigenvalue weighted by atomic mass is 9.62. The molecule has 2 nitrogen and oxygen atoms in total. The molecule has 4 heterocycles. The zero-order chi connectivity index (χ0) is 64.0. The highest BCUT2D eigenvalue weighted by Gasteiger charge is 2.49. The van der Waals surface area contributed by atoms with Crippen LogP contribution in [0.15, 0.2) is 315 Å². The van der Waals surface area contributed by atoms with Gasteiger partial charge in [-0.1, -0.05) is 265 Å². The number of hydrogen-bond donors (Lipinski definition) is 0. The van der Waals surface area contributed by atoms with E-state index in [1.165, 1.54) is 162 Å². The number of rotatable bonds is 8. The normalized spacial score (nSPS) is 13.8. The number of hydrogen-bond acceptors (Lipinski definition) is 4. The first-order valence-electron chi connectivity index (χ1n) is 33.4. The highest BCUT2D eigenvalue weighted by Crippen LogP contribution is 2.62. The molecule has 2 aliphatic heterocycles. The Bertz CT molecular complexity index is 5520. The molecule has 96 heavy (non-hydrogen) atoms. The van der Waals surface area contributed by atoms with Crippen LogP contribution in [0, 0.1) is 27.7 Å². The molecule has 0 unspecified atom stereocenters. The lowest BCUT2D eigenvalue weighted by molar-refractivity contribution is 0.732. The van der Waals surface area contributed by atoms with Gasteiger partial charge in [-0.25, -0.2) is 0 Å². The molecule has 2 aliphatic rings. The van der Waals surface area contributed by atoms with Crippen molar-refractivity contribution < 1.29 is 0 Å². The molecule has 19 rings (SSSR count). The van der Waals surface area contributed by atoms with Crippen LogP contribution in [0.2, 0.25) is 0 Å². The molecule has 0 saturated carbocycles. The largest absolute Gasteiger partial charge is 0.310 e. The monoisotopic (exact) mass is 1260 g/mol. The highest BCUT2D eigenvalue weighted by atomic mass is 32.1. The number of benzene rings is 15. The van der Waals surface area contributed by atoms with E-state index in [-0.39, 0.29) is 0 Å². The van der Waals surface area contributed by atoms with Gasteiger partial charge in [0.1, 0.15) is 0 Å². The number of fused-ring (bicyclic) bond motifs is 12. The van der Waals surface area contributed by atoms with E-state index in [4.69, 9.17) is 0 Å². The molecule has 15 aromatic carbocycles. The predicted octanol–water partition coefficient (Wildman–Crippen LogP) is 25.6. The molecule has 0 saturated heterocycles. The summed E-state index contributed by atoms with van der Waals surface area (Å²) in [5, 5.41) is 9.90. The highest BCUT2D eigenvalue weighted by molar-refractivity contribution is 7.26. The maximum atomic E-state index is 2.59. The fourth-order valence-electron chi connectivity index (χ4n) is 16.7. The van der Waals surface area contributed by atoms with Crippen molar-refractivity contribution in [3.63, 3.8) is 0 Å². The first kappa shape index (κ1) is 56.4. The topological polar surface area (TPSA) is 6.48 Å². The van der Waals surface area contributed by atoms with Crippen molar-refractivity contribution in [3.8, 4) is 22.3 Å². The summed E-state index contributed by atoms with van der Waals surface area (Å²) in [7, 11) is 0. The molecular formula is C92H64N2S2. The van der Waals surface area contributed by atoms with Crippen LogP contribution in [-0.4, -0.2) is 0 Å². The second-order valence-corrected chi connectivity index (χ2v) is 28.7. The summed E-state index contributed by atoms with van der Waals surface area (Å²) in [6.07, 6.45) is 0. The van der Waals surface area contributed by atoms with Crippen LogP contribution in [0.3, 0.4) is 0 Å². The standard InChI is InChI=1S/C92H64N2S2/c1-57-31-39-63(40-32-57)91(64-41-33-58(2)34-42-64)77-25-13-15-27-81(77)93(83-55-87-73(53-79(83)91)69-23-11-17-29-85(69)95-87)67-47-49-71-75(51-67)89(61-19-7-5-8-20-61)72-50-48-68(52-76(72)90(71)62-21-9-6-10-22-62)94-82-28-16-14-26-78(82)92(65-43-35-59(3)36-44-65,66-45-37-60(4)38-46-66)80-54-74-70-24-12-18-30-86(70)96-88(74)56-84(80)94/h5-56H,1-4H3. The van der Waals surface area contributed by atoms with Gasteiger partial charge in [-0.05, 0) is 189 Å². The SMILES string of the molecule is Cc1ccc(C2(c3ccc(C)cc3)c3ccccc3N(c3ccc4c(-c5ccccc5)c5cc(N6c7ccccc7C(c7ccc(C)cc7)(c7ccc(C)cc7)c7cc8c(cc76)sc6ccccc68)ccc5c(-c5ccccc5)c4c3)c3cc4sc5ccccc5c4cc32)cc1. The van der Waals surface area contributed by atoms with Crippen molar-refractivity contribution in [1.82, 2.24) is 0 Å². The summed E-state index contributed by atoms with van der Waals surface area (Å²) in [6.45, 7) is 8.78. The Hall–Kier alpha value is -11.1. The number of anilines is 6. The van der Waals surface area contributed by atoms with Crippen LogP contribution in [0.1, 0.15) is 66.8 Å². The van der Waals surface area contributed by atoms with E-state index in [2.05, 4.69) is 353 Å². The molecule has 4 heteroatoms. The van der Waals surface area contributed by atoms with Crippen molar-refractivity contribution in [1.29, 1.82) is 0 Å². The Morgan fingerprint density at radius 2 is 0.562 bits per heavy atom. The Morgan fingerprint density at radius 3 is 0.938 bits per heavy atom. The van der Waals surface area contributed by atoms with Gasteiger partial charge in [-0.3, -0.25) is 0 Å². The Morgan fingerprint density at radius 1 is 0.229 bits per heavy atom. The van der Waals surface area contributed by atoms with Gasteiger partial charge in [0.05, 0.1) is 33.6 Å². The lowest BCUT2D eigenvalue weighted by Crippen LogP contribution is -2.37. The Kier molecular flexibility index (Phi) is 12.8. The van der Waals surface area contributed by atoms with Gasteiger partial charge >= 0.3 is 0 Å². The van der Waals surface area contributed by atoms with Crippen LogP contribution < -0.4 is 9.80 Å². The second-order valence-electron chi connectivity index (χ2n) is 26.5. The minimum atomic E-state index is -0.663. The predicted molar refractivity (Wildman–Crippen MR) is 410 cm³/mol. The summed E-state index contributed by atoms with van der Waals surface area (Å²) in [5.41, 5.74) is 25.2. The molecule has 0 aliphatic carbocycles. The first-order chi connectivity index (χ1) is 47.2. The van der Waals surface area contributed by atoms with Crippen molar-refractivity contribution in [2.75, 3.05) is 9.80 Å². The number of para-hydroxylation sites is 2. The van der Waals surface area contributed by atoms with E-state index < -0.39 is 10.8 Å². The van der Waals surface area contributed by atoms with Gasteiger partial charge in [0.2, 0.25) is 0 Å². The zero-order valence-corrected chi connectivity index (χ0v) is 55.4. The summed E-state index contributed by atoms with van der Waals surface area (Å²) in [6, 6.07) is 121. The van der Waals surface area contributed by atoms with Crippen molar-refractivity contribution in [2.45, 2.75) is 38.5 Å². The van der Waals surface area contributed by atoms with Crippen molar-refractivity contribution in [3.05, 3.63) is 382 Å².